The van der Waals surface area contributed by atoms with Gasteiger partial charge in [0.25, 0.3) is 0 Å². The number of carbonyl (C=O) groups is 7. The number of nitrogens with one attached hydrogen (secondary N) is 1. The van der Waals surface area contributed by atoms with Crippen LogP contribution < -0.4 is 11.1 Å². The molecule has 9 aliphatic rings. The van der Waals surface area contributed by atoms with Gasteiger partial charge >= 0.3 is 11.9 Å². The second-order valence-corrected chi connectivity index (χ2v) is 28.2. The number of fused-ring (bicyclic) bond motifs is 3. The zero-order valence-electron chi connectivity index (χ0n) is 55.0. The summed E-state index contributed by atoms with van der Waals surface area (Å²) in [6.45, 7) is 18.9. The van der Waals surface area contributed by atoms with E-state index in [0.717, 1.165) is 94.9 Å². The Hall–Kier alpha value is -4.31. The summed E-state index contributed by atoms with van der Waals surface area (Å²) in [6, 6.07) is 16.9. The van der Waals surface area contributed by atoms with Gasteiger partial charge in [0.1, 0.15) is 5.78 Å². The second kappa shape index (κ2) is 38.5. The molecule has 12 rings (SSSR count). The van der Waals surface area contributed by atoms with E-state index in [0.29, 0.717) is 122 Å². The second-order valence-electron chi connectivity index (χ2n) is 25.7. The molecule has 530 valence electrons. The molecule has 9 aliphatic heterocycles. The maximum atomic E-state index is 13.5. The number of halogens is 6. The minimum atomic E-state index is -1.43. The fourth-order valence-corrected chi connectivity index (χ4v) is 16.0. The summed E-state index contributed by atoms with van der Waals surface area (Å²) in [5.41, 5.74) is 7.44. The zero-order chi connectivity index (χ0) is 69.0. The van der Waals surface area contributed by atoms with Crippen molar-refractivity contribution in [3.8, 4) is 0 Å². The van der Waals surface area contributed by atoms with Crippen molar-refractivity contribution < 1.29 is 58.0 Å². The first-order valence-electron chi connectivity index (χ1n) is 33.7. The number of ketones is 1. The van der Waals surface area contributed by atoms with Crippen LogP contribution in [0, 0.1) is 0 Å². The molecule has 9 fully saturated rings. The highest BCUT2D eigenvalue weighted by atomic mass is 35.5. The monoisotopic (exact) mass is 1450 g/mol. The number of ether oxygens (including phenoxy) is 3. The number of amides is 3. The molecule has 3 amide bonds. The molecular formula is C68H94Cl6N10O12. The molecule has 3 aromatic rings. The molecule has 96 heavy (non-hydrogen) atoms. The van der Waals surface area contributed by atoms with Crippen LogP contribution in [0.3, 0.4) is 0 Å². The fraction of sp³-hybridized carbons (Fsp3) is 0.632. The highest BCUT2D eigenvalue weighted by Crippen LogP contribution is 2.34. The van der Waals surface area contributed by atoms with Gasteiger partial charge in [-0.2, -0.15) is 0 Å². The lowest BCUT2D eigenvalue weighted by Gasteiger charge is -2.54. The number of carboxylic acids is 2. The van der Waals surface area contributed by atoms with Crippen LogP contribution in [0.4, 0.5) is 0 Å². The van der Waals surface area contributed by atoms with E-state index in [9.17, 15) is 29.1 Å². The number of Topliss-reactive ketones (excluding diaryl/α,β-unsaturated/α-hetero) is 1. The smallest absolute Gasteiger partial charge is 0.368 e. The number of nitrogens with two attached hydrogens (primary N) is 1. The summed E-state index contributed by atoms with van der Waals surface area (Å²) in [5.74, 6) is -1.72. The lowest BCUT2D eigenvalue weighted by atomic mass is 9.90. The molecule has 9 atom stereocenters. The largest absolute Gasteiger partial charge is 0.480 e. The number of hydrogen-bond acceptors (Lipinski definition) is 17. The van der Waals surface area contributed by atoms with Gasteiger partial charge in [-0.25, -0.2) is 4.79 Å². The summed E-state index contributed by atoms with van der Waals surface area (Å²) in [6.07, 6.45) is 9.31. The van der Waals surface area contributed by atoms with E-state index in [2.05, 4.69) is 34.7 Å². The van der Waals surface area contributed by atoms with Gasteiger partial charge in [-0.1, -0.05) is 102 Å². The van der Waals surface area contributed by atoms with Crippen LogP contribution in [0.2, 0.25) is 30.1 Å². The standard InChI is InChI=1S/C24H33Cl2N3O3.C21H27Cl2N3O4.C19H25Cl2N3O2.C2H7N.C2H2O3/c1-2-5-18(30)14-28-10-11-29(23(31)13-17-6-7-19(25)20(26)12-17)24-21(15-32-16-22(24)28)27-8-3-4-9-27;22-15-4-3-14(9-16(15)23)10-19(27)26-8-7-25(11-20(28)29)18-13-30-12-17(21(18)26)24-5-1-2-6-24;20-14-4-3-13(9-15(14)21)10-18(25)24-8-5-22-16-11-26-12-17(19(16)24)23-6-1-2-7-23;1-2-3;3-1-2(4)5/h6-7,12,21-22,24H,2-5,8-11,13-16H2,1H3;3-4,9,17-18,21H,1-2,5-8,10-13H2,(H,28,29);3-4,9,16-17,19,22H,1-2,5-8,10-12H2;2-3H2,1H3;1H,(H,4,5)/t21-,22+,24+;17-,18+,21+;16-,17+,19+;;/m001../s1. The molecule has 0 spiro atoms. The predicted octanol–water partition coefficient (Wildman–Crippen LogP) is 6.71. The van der Waals surface area contributed by atoms with Crippen molar-refractivity contribution >= 4 is 111 Å². The van der Waals surface area contributed by atoms with E-state index in [1.54, 1.807) is 36.4 Å². The van der Waals surface area contributed by atoms with Gasteiger partial charge in [-0.3, -0.25) is 53.3 Å². The van der Waals surface area contributed by atoms with Crippen LogP contribution in [0.5, 0.6) is 0 Å². The molecule has 5 N–H and O–H groups in total. The summed E-state index contributed by atoms with van der Waals surface area (Å²) in [4.78, 5) is 99.5. The Morgan fingerprint density at radius 2 is 0.833 bits per heavy atom. The van der Waals surface area contributed by atoms with Crippen LogP contribution in [-0.4, -0.2) is 283 Å². The molecular weight excluding hydrogens is 1360 g/mol. The number of likely N-dealkylation sites (tertiary alicyclic amines) is 3. The summed E-state index contributed by atoms with van der Waals surface area (Å²) in [7, 11) is 0. The maximum absolute atomic E-state index is 13.5. The van der Waals surface area contributed by atoms with Crippen LogP contribution >= 0.6 is 69.6 Å². The van der Waals surface area contributed by atoms with Crippen molar-refractivity contribution in [3.63, 3.8) is 0 Å². The number of rotatable bonds is 16. The third-order valence-corrected chi connectivity index (χ3v) is 21.5. The van der Waals surface area contributed by atoms with Gasteiger partial charge in [-0.15, -0.1) is 0 Å². The van der Waals surface area contributed by atoms with Gasteiger partial charge in [0.15, 0.2) is 0 Å². The average Bonchev–Trinajstić information content (AvgIpc) is 0.845. The Balaban J connectivity index is 0.000000175. The van der Waals surface area contributed by atoms with Crippen LogP contribution in [0.1, 0.15) is 81.9 Å². The Kier molecular flexibility index (Phi) is 31.0. The van der Waals surface area contributed by atoms with Crippen LogP contribution in [0.15, 0.2) is 54.6 Å². The van der Waals surface area contributed by atoms with Gasteiger partial charge < -0.3 is 50.2 Å². The highest BCUT2D eigenvalue weighted by molar-refractivity contribution is 6.43. The molecule has 0 radical (unpaired) electrons. The molecule has 0 saturated carbocycles. The first-order chi connectivity index (χ1) is 46.2. The van der Waals surface area contributed by atoms with Crippen molar-refractivity contribution in [1.82, 2.24) is 44.5 Å². The highest BCUT2D eigenvalue weighted by Gasteiger charge is 2.51. The molecule has 9 saturated heterocycles. The lowest BCUT2D eigenvalue weighted by molar-refractivity contribution is -0.157. The minimum Gasteiger partial charge on any atom is -0.480 e. The van der Waals surface area contributed by atoms with E-state index in [1.165, 1.54) is 25.7 Å². The number of piperazine rings is 3. The molecule has 3 aromatic carbocycles. The Labute approximate surface area is 594 Å². The number of benzene rings is 3. The molecule has 0 unspecified atom stereocenters. The van der Waals surface area contributed by atoms with Crippen molar-refractivity contribution in [2.75, 3.05) is 138 Å². The van der Waals surface area contributed by atoms with Crippen LogP contribution in [-0.2, 0) is 67.0 Å². The molecule has 22 nitrogen and oxygen atoms in total. The van der Waals surface area contributed by atoms with Gasteiger partial charge in [0.05, 0.1) is 157 Å². The maximum Gasteiger partial charge on any atom is 0.368 e. The summed E-state index contributed by atoms with van der Waals surface area (Å²) >= 11 is 36.5. The van der Waals surface area contributed by atoms with Crippen molar-refractivity contribution in [2.45, 2.75) is 139 Å². The average molecular weight is 1460 g/mol. The fourth-order valence-electron chi connectivity index (χ4n) is 15.0. The molecule has 9 heterocycles. The van der Waals surface area contributed by atoms with Crippen LogP contribution in [0.25, 0.3) is 0 Å². The van der Waals surface area contributed by atoms with E-state index in [1.807, 2.05) is 41.8 Å². The summed E-state index contributed by atoms with van der Waals surface area (Å²) < 4.78 is 17.8. The SMILES string of the molecule is CCCC(=O)CN1CCN(C(=O)Cc2ccc(Cl)c(Cl)c2)[C@H]2[C@H]1COC[C@@H]2N1CCCC1.CCN.O=C(Cc1ccc(Cl)c(Cl)c1)N1CCN[C@@H]2COC[C@H](N3CCCC3)[C@H]21.O=C(O)CN1CCN(C(=O)Cc2ccc(Cl)c(Cl)c2)[C@H]2[C@H]1COC[C@@H]2N1CCCC1.O=CC(=O)O. The first kappa shape index (κ1) is 77.4. The quantitative estimate of drug-likeness (QED) is 0.0859. The van der Waals surface area contributed by atoms with E-state index in [4.69, 9.17) is 104 Å². The van der Waals surface area contributed by atoms with Crippen molar-refractivity contribution in [3.05, 3.63) is 101 Å². The zero-order valence-corrected chi connectivity index (χ0v) is 59.5. The molecule has 0 aromatic heterocycles. The predicted molar refractivity (Wildman–Crippen MR) is 372 cm³/mol. The minimum absolute atomic E-state index is 0.0281. The third kappa shape index (κ3) is 21.1. The topological polar surface area (TPSA) is 252 Å². The Morgan fingerprint density at radius 3 is 1.19 bits per heavy atom. The number of aliphatic carboxylic acids is 2. The van der Waals surface area contributed by atoms with Gasteiger partial charge in [-0.05, 0) is 144 Å². The third-order valence-electron chi connectivity index (χ3n) is 19.3. The number of carboxylic acid groups (broad SMARTS) is 2. The Bertz CT molecular complexity index is 3090. The molecule has 0 aliphatic carbocycles. The number of hydrogen-bond donors (Lipinski definition) is 4. The summed E-state index contributed by atoms with van der Waals surface area (Å²) in [5, 5.41) is 23.1. The normalized spacial score (nSPS) is 26.2. The number of nitrogens with zero attached hydrogens (tertiary/aromatic N) is 8. The van der Waals surface area contributed by atoms with Gasteiger partial charge in [0, 0.05) is 45.7 Å². The number of aldehydes is 1. The van der Waals surface area contributed by atoms with E-state index in [-0.39, 0.29) is 97.1 Å². The van der Waals surface area contributed by atoms with Crippen molar-refractivity contribution in [2.24, 2.45) is 5.73 Å². The Morgan fingerprint density at radius 1 is 0.490 bits per heavy atom. The van der Waals surface area contributed by atoms with Gasteiger partial charge in [0.2, 0.25) is 24.0 Å². The first-order valence-corrected chi connectivity index (χ1v) is 36.0. The number of carbonyl (C=O) groups excluding carboxylic acids is 5. The lowest BCUT2D eigenvalue weighted by Crippen LogP contribution is -2.72. The van der Waals surface area contributed by atoms with E-state index < -0.39 is 11.9 Å². The molecule has 28 heteroatoms. The van der Waals surface area contributed by atoms with E-state index >= 15 is 0 Å². The molecule has 0 bridgehead atoms. The van der Waals surface area contributed by atoms with Crippen molar-refractivity contribution in [1.29, 1.82) is 0 Å².